The lowest BCUT2D eigenvalue weighted by atomic mass is 9.98. The second-order valence-corrected chi connectivity index (χ2v) is 11.4. The number of hydrogen-bond donors (Lipinski definition) is 2. The molecule has 3 heterocycles. The third-order valence-electron chi connectivity index (χ3n) is 8.19. The maximum Gasteiger partial charge on any atom is 0.433 e. The van der Waals surface area contributed by atoms with Crippen molar-refractivity contribution in [2.24, 2.45) is 0 Å². The minimum absolute atomic E-state index is 0.0356. The van der Waals surface area contributed by atoms with Crippen LogP contribution >= 0.6 is 11.6 Å². The van der Waals surface area contributed by atoms with Crippen LogP contribution in [-0.4, -0.2) is 78.2 Å². The summed E-state index contributed by atoms with van der Waals surface area (Å²) in [4.78, 5) is 45.5. The number of halogens is 4. The molecular weight excluding hydrogens is 643 g/mol. The highest BCUT2D eigenvalue weighted by atomic mass is 35.5. The molecule has 0 bridgehead atoms. The van der Waals surface area contributed by atoms with E-state index in [2.05, 4.69) is 10.3 Å². The Hall–Kier alpha value is -4.87. The number of hydrogen-bond acceptors (Lipinski definition) is 8. The van der Waals surface area contributed by atoms with E-state index in [9.17, 15) is 37.9 Å². The van der Waals surface area contributed by atoms with Gasteiger partial charge in [0.25, 0.3) is 5.91 Å². The number of amides is 2. The molecule has 1 unspecified atom stereocenters. The normalized spacial score (nSPS) is 19.3. The molecule has 3 atom stereocenters. The van der Waals surface area contributed by atoms with Crippen molar-refractivity contribution in [1.82, 2.24) is 15.2 Å². The molecule has 2 aromatic carbocycles. The number of nitriles is 1. The molecule has 1 aromatic heterocycles. The predicted octanol–water partition coefficient (Wildman–Crippen LogP) is 4.76. The number of aliphatic carboxylic acids is 1. The maximum absolute atomic E-state index is 14.1. The average molecular weight is 672 g/mol. The lowest BCUT2D eigenvalue weighted by molar-refractivity contribution is -0.149. The number of alkyl halides is 3. The minimum Gasteiger partial charge on any atom is -0.495 e. The van der Waals surface area contributed by atoms with Crippen LogP contribution < -0.4 is 19.7 Å². The van der Waals surface area contributed by atoms with Crippen LogP contribution in [0.25, 0.3) is 11.1 Å². The standard InChI is InChI=1S/C32H29ClF3N5O6/c1-40(22-6-3-4-8-24(22)46-2)29(42)19-13-18(20-16-39-27(32(34,35)36)12-17(20)15-37)21(33)14-26(19)47-25-9-10-38-28(25)30(43)41-11-5-7-23(41)31(44)45/h3-4,6,8,12-14,16,23,25,28,38H,5,7,9-11H2,1-2H3,(H,44,45)/t23-,25?,28-/m0/s1. The van der Waals surface area contributed by atoms with Gasteiger partial charge in [-0.15, -0.1) is 0 Å². The van der Waals surface area contributed by atoms with E-state index in [4.69, 9.17) is 21.1 Å². The summed E-state index contributed by atoms with van der Waals surface area (Å²) in [6.07, 6.45) is -3.56. The molecule has 5 rings (SSSR count). The zero-order valence-electron chi connectivity index (χ0n) is 25.2. The first-order chi connectivity index (χ1) is 22.3. The maximum atomic E-state index is 14.1. The number of carbonyl (C=O) groups is 3. The van der Waals surface area contributed by atoms with Crippen molar-refractivity contribution in [2.45, 2.75) is 43.6 Å². The summed E-state index contributed by atoms with van der Waals surface area (Å²) in [6, 6.07) is 9.77. The lowest BCUT2D eigenvalue weighted by Gasteiger charge is -2.29. The Kier molecular flexibility index (Phi) is 9.60. The zero-order chi connectivity index (χ0) is 34.0. The molecule has 2 fully saturated rings. The van der Waals surface area contributed by atoms with Gasteiger partial charge in [0.1, 0.15) is 35.4 Å². The number of pyridine rings is 1. The number of methoxy groups -OCH3 is 1. The van der Waals surface area contributed by atoms with E-state index >= 15 is 0 Å². The van der Waals surface area contributed by atoms with Crippen LogP contribution in [-0.2, 0) is 15.8 Å². The van der Waals surface area contributed by atoms with Crippen molar-refractivity contribution in [1.29, 1.82) is 5.26 Å². The van der Waals surface area contributed by atoms with Crippen LogP contribution in [0.4, 0.5) is 18.9 Å². The van der Waals surface area contributed by atoms with Crippen LogP contribution in [0.2, 0.25) is 5.02 Å². The van der Waals surface area contributed by atoms with Gasteiger partial charge in [0.15, 0.2) is 0 Å². The number of benzene rings is 2. The Labute approximate surface area is 272 Å². The largest absolute Gasteiger partial charge is 0.495 e. The molecule has 0 aliphatic carbocycles. The Morgan fingerprint density at radius 3 is 2.57 bits per heavy atom. The van der Waals surface area contributed by atoms with Gasteiger partial charge >= 0.3 is 12.1 Å². The van der Waals surface area contributed by atoms with Crippen LogP contribution in [0, 0.1) is 11.3 Å². The first-order valence-electron chi connectivity index (χ1n) is 14.5. The summed E-state index contributed by atoms with van der Waals surface area (Å²) in [5, 5.41) is 22.3. The molecule has 15 heteroatoms. The van der Waals surface area contributed by atoms with Gasteiger partial charge in [-0.1, -0.05) is 23.7 Å². The van der Waals surface area contributed by atoms with Gasteiger partial charge in [-0.3, -0.25) is 14.6 Å². The first kappa shape index (κ1) is 33.5. The Balaban J connectivity index is 1.58. The number of anilines is 1. The SMILES string of the molecule is COc1ccccc1N(C)C(=O)c1cc(-c2cnc(C(F)(F)F)cc2C#N)c(Cl)cc1OC1CCN[C@@H]1C(=O)N1CCC[C@H]1C(=O)O. The molecule has 11 nitrogen and oxygen atoms in total. The van der Waals surface area contributed by atoms with E-state index in [0.29, 0.717) is 43.3 Å². The highest BCUT2D eigenvalue weighted by Gasteiger charge is 2.43. The molecule has 2 aliphatic rings. The Bertz CT molecular complexity index is 1760. The Morgan fingerprint density at radius 2 is 1.89 bits per heavy atom. The number of ether oxygens (including phenoxy) is 2. The summed E-state index contributed by atoms with van der Waals surface area (Å²) in [7, 11) is 2.92. The number of carbonyl (C=O) groups excluding carboxylic acids is 2. The van der Waals surface area contributed by atoms with Gasteiger partial charge in [-0.05, 0) is 50.1 Å². The summed E-state index contributed by atoms with van der Waals surface area (Å²) in [5.41, 5.74) is -1.33. The smallest absolute Gasteiger partial charge is 0.433 e. The lowest BCUT2D eigenvalue weighted by Crippen LogP contribution is -2.52. The summed E-state index contributed by atoms with van der Waals surface area (Å²) >= 11 is 6.65. The number of rotatable bonds is 8. The van der Waals surface area contributed by atoms with Gasteiger partial charge in [0.05, 0.1) is 35.0 Å². The van der Waals surface area contributed by atoms with Crippen molar-refractivity contribution in [3.05, 3.63) is 70.5 Å². The van der Waals surface area contributed by atoms with E-state index in [1.54, 1.807) is 30.3 Å². The van der Waals surface area contributed by atoms with Crippen molar-refractivity contribution < 1.29 is 42.1 Å². The predicted molar refractivity (Wildman–Crippen MR) is 163 cm³/mol. The van der Waals surface area contributed by atoms with Gasteiger partial charge in [0.2, 0.25) is 5.91 Å². The zero-order valence-corrected chi connectivity index (χ0v) is 25.9. The quantitative estimate of drug-likeness (QED) is 0.346. The fraction of sp³-hybridized carbons (Fsp3) is 0.344. The van der Waals surface area contributed by atoms with E-state index < -0.39 is 47.8 Å². The number of para-hydroxylation sites is 2. The molecule has 2 N–H and O–H groups in total. The molecule has 2 aliphatic heterocycles. The molecule has 47 heavy (non-hydrogen) atoms. The summed E-state index contributed by atoms with van der Waals surface area (Å²) in [5.74, 6) is -1.83. The molecule has 2 saturated heterocycles. The second-order valence-electron chi connectivity index (χ2n) is 11.0. The van der Waals surface area contributed by atoms with Crippen molar-refractivity contribution in [3.8, 4) is 28.7 Å². The fourth-order valence-corrected chi connectivity index (χ4v) is 6.08. The van der Waals surface area contributed by atoms with E-state index in [-0.39, 0.29) is 39.6 Å². The van der Waals surface area contributed by atoms with Crippen molar-refractivity contribution in [3.63, 3.8) is 0 Å². The number of carboxylic acid groups (broad SMARTS) is 1. The second kappa shape index (κ2) is 13.5. The topological polar surface area (TPSA) is 145 Å². The highest BCUT2D eigenvalue weighted by Crippen LogP contribution is 2.40. The number of nitrogens with one attached hydrogen (secondary N) is 1. The first-order valence-corrected chi connectivity index (χ1v) is 14.9. The van der Waals surface area contributed by atoms with Crippen molar-refractivity contribution >= 4 is 35.1 Å². The van der Waals surface area contributed by atoms with Gasteiger partial charge in [-0.2, -0.15) is 18.4 Å². The molecule has 246 valence electrons. The van der Waals surface area contributed by atoms with Crippen LogP contribution in [0.3, 0.4) is 0 Å². The van der Waals surface area contributed by atoms with Crippen LogP contribution in [0.1, 0.15) is 40.9 Å². The van der Waals surface area contributed by atoms with Crippen LogP contribution in [0.5, 0.6) is 11.5 Å². The van der Waals surface area contributed by atoms with Gasteiger partial charge < -0.3 is 29.7 Å². The third kappa shape index (κ3) is 6.68. The van der Waals surface area contributed by atoms with E-state index in [1.165, 1.54) is 36.1 Å². The summed E-state index contributed by atoms with van der Waals surface area (Å²) < 4.78 is 51.8. The highest BCUT2D eigenvalue weighted by molar-refractivity contribution is 6.34. The molecule has 0 radical (unpaired) electrons. The van der Waals surface area contributed by atoms with E-state index in [1.807, 2.05) is 0 Å². The average Bonchev–Trinajstić information content (AvgIpc) is 3.74. The minimum atomic E-state index is -4.80. The molecule has 2 amide bonds. The number of carboxylic acids is 1. The number of likely N-dealkylation sites (tertiary alicyclic amines) is 1. The van der Waals surface area contributed by atoms with Crippen molar-refractivity contribution in [2.75, 3.05) is 32.1 Å². The van der Waals surface area contributed by atoms with E-state index in [0.717, 1.165) is 6.20 Å². The molecule has 0 saturated carbocycles. The van der Waals surface area contributed by atoms with Gasteiger partial charge in [0, 0.05) is 37.0 Å². The Morgan fingerprint density at radius 1 is 1.15 bits per heavy atom. The molecular formula is C32H29ClF3N5O6. The molecule has 0 spiro atoms. The third-order valence-corrected chi connectivity index (χ3v) is 8.50. The number of aromatic nitrogens is 1. The molecule has 3 aromatic rings. The van der Waals surface area contributed by atoms with Crippen LogP contribution in [0.15, 0.2) is 48.7 Å². The van der Waals surface area contributed by atoms with Gasteiger partial charge in [-0.25, -0.2) is 4.79 Å². The number of nitrogens with zero attached hydrogens (tertiary/aromatic N) is 4. The monoisotopic (exact) mass is 671 g/mol. The fourth-order valence-electron chi connectivity index (χ4n) is 5.82. The summed E-state index contributed by atoms with van der Waals surface area (Å²) in [6.45, 7) is 0.642.